The molecule has 3 aromatic heterocycles. The maximum atomic E-state index is 13.4. The van der Waals surface area contributed by atoms with Gasteiger partial charge in [-0.15, -0.1) is 0 Å². The minimum atomic E-state index is -4.62. The van der Waals surface area contributed by atoms with Crippen molar-refractivity contribution in [2.24, 2.45) is 11.7 Å². The first-order valence-corrected chi connectivity index (χ1v) is 13.8. The van der Waals surface area contributed by atoms with Gasteiger partial charge in [0, 0.05) is 56.2 Å². The van der Waals surface area contributed by atoms with Crippen LogP contribution in [0.15, 0.2) is 43.0 Å². The average molecular weight is 634 g/mol. The van der Waals surface area contributed by atoms with Gasteiger partial charge >= 0.3 is 6.18 Å². The molecule has 6 rings (SSSR count). The molecule has 0 radical (unpaired) electrons. The molecule has 2 aliphatic rings. The Balaban J connectivity index is 0.00000123. The Morgan fingerprint density at radius 1 is 1.11 bits per heavy atom. The number of alkyl halides is 3. The van der Waals surface area contributed by atoms with Gasteiger partial charge in [-0.2, -0.15) is 18.3 Å². The summed E-state index contributed by atoms with van der Waals surface area (Å²) in [5, 5.41) is 15.7. The first-order chi connectivity index (χ1) is 21.0. The highest BCUT2D eigenvalue weighted by Gasteiger charge is 2.37. The van der Waals surface area contributed by atoms with E-state index in [-0.39, 0.29) is 58.0 Å². The van der Waals surface area contributed by atoms with E-state index in [2.05, 4.69) is 20.4 Å². The second kappa shape index (κ2) is 12.5. The fraction of sp³-hybridized carbons (Fsp3) is 0.333. The predicted octanol–water partition coefficient (Wildman–Crippen LogP) is 3.26. The van der Waals surface area contributed by atoms with Gasteiger partial charge < -0.3 is 26.0 Å². The lowest BCUT2D eigenvalue weighted by atomic mass is 9.80. The van der Waals surface area contributed by atoms with E-state index in [0.717, 1.165) is 6.20 Å². The van der Waals surface area contributed by atoms with Crippen molar-refractivity contribution in [2.75, 3.05) is 31.5 Å². The van der Waals surface area contributed by atoms with Crippen LogP contribution in [-0.2, 0) is 15.8 Å². The standard InChI is InChI=1S/C26H25ClF3N9O2.CH2O2/c27-19-11-16(1-2-17(19)25(41)38-7-5-37(6-8-38)24(40)14-9-15(31)10-14)35-22-23-33-13-20(39(23)4-3-32-22)18-12-34-36-21(18)26(28,29)30;2-1-3/h1-4,11-15H,5-10,31H2,(H,32,35)(H,34,36);1H,(H,2,3). The predicted molar refractivity (Wildman–Crippen MR) is 152 cm³/mol. The van der Waals surface area contributed by atoms with Crippen molar-refractivity contribution in [1.82, 2.24) is 34.4 Å². The van der Waals surface area contributed by atoms with Crippen LogP contribution in [-0.4, -0.2) is 90.0 Å². The molecule has 4 aromatic rings. The summed E-state index contributed by atoms with van der Waals surface area (Å²) in [7, 11) is 0. The highest BCUT2D eigenvalue weighted by molar-refractivity contribution is 6.34. The van der Waals surface area contributed by atoms with Crippen molar-refractivity contribution in [1.29, 1.82) is 0 Å². The molecule has 1 aliphatic heterocycles. The molecule has 0 bridgehead atoms. The summed E-state index contributed by atoms with van der Waals surface area (Å²) in [6.07, 6.45) is 2.14. The van der Waals surface area contributed by atoms with E-state index in [1.165, 1.54) is 23.0 Å². The number of rotatable bonds is 5. The molecule has 0 unspecified atom stereocenters. The van der Waals surface area contributed by atoms with Crippen LogP contribution in [0.3, 0.4) is 0 Å². The van der Waals surface area contributed by atoms with Crippen LogP contribution in [0.25, 0.3) is 16.9 Å². The summed E-state index contributed by atoms with van der Waals surface area (Å²) in [5.41, 5.74) is 5.97. The van der Waals surface area contributed by atoms with Crippen molar-refractivity contribution in [3.63, 3.8) is 0 Å². The Labute approximate surface area is 252 Å². The lowest BCUT2D eigenvalue weighted by Crippen LogP contribution is -2.54. The van der Waals surface area contributed by atoms with Gasteiger partial charge in [-0.25, -0.2) is 9.97 Å². The zero-order valence-electron chi connectivity index (χ0n) is 23.0. The fourth-order valence-corrected chi connectivity index (χ4v) is 5.49. The fourth-order valence-electron chi connectivity index (χ4n) is 5.23. The number of aromatic nitrogens is 5. The van der Waals surface area contributed by atoms with Crippen LogP contribution in [0.4, 0.5) is 24.7 Å². The van der Waals surface area contributed by atoms with Crippen LogP contribution < -0.4 is 11.1 Å². The number of nitrogens with one attached hydrogen (secondary N) is 2. The second-order valence-electron chi connectivity index (χ2n) is 10.2. The van der Waals surface area contributed by atoms with E-state index in [1.54, 1.807) is 28.0 Å². The summed E-state index contributed by atoms with van der Waals surface area (Å²) < 4.78 is 41.7. The van der Waals surface area contributed by atoms with Gasteiger partial charge in [0.2, 0.25) is 5.91 Å². The smallest absolute Gasteiger partial charge is 0.433 e. The number of hydrogen-bond donors (Lipinski definition) is 4. The van der Waals surface area contributed by atoms with Gasteiger partial charge in [0.15, 0.2) is 11.5 Å². The number of fused-ring (bicyclic) bond motifs is 1. The number of aromatic amines is 1. The number of anilines is 2. The Kier molecular flexibility index (Phi) is 8.73. The number of hydrogen-bond acceptors (Lipinski definition) is 8. The molecule has 1 saturated carbocycles. The van der Waals surface area contributed by atoms with Gasteiger partial charge in [-0.1, -0.05) is 11.6 Å². The van der Waals surface area contributed by atoms with Gasteiger partial charge in [0.25, 0.3) is 12.4 Å². The number of nitrogens with zero attached hydrogens (tertiary/aromatic N) is 6. The Morgan fingerprint density at radius 3 is 2.43 bits per heavy atom. The normalized spacial score (nSPS) is 18.3. The molecule has 17 heteroatoms. The summed E-state index contributed by atoms with van der Waals surface area (Å²) in [5.74, 6) is 0.127. The molecular formula is C27H27ClF3N9O4. The Bertz CT molecular complexity index is 1680. The van der Waals surface area contributed by atoms with E-state index in [0.29, 0.717) is 50.3 Å². The third kappa shape index (κ3) is 6.16. The SMILES string of the molecule is NC1CC(C(=O)N2CCN(C(=O)c3ccc(Nc4nccn5c(-c6cn[nH]c6C(F)(F)F)cnc45)cc3Cl)CC2)C1.O=CO. The lowest BCUT2D eigenvalue weighted by Gasteiger charge is -2.40. The highest BCUT2D eigenvalue weighted by atomic mass is 35.5. The Hall–Kier alpha value is -4.70. The lowest BCUT2D eigenvalue weighted by molar-refractivity contribution is -0.141. The molecule has 2 amide bonds. The largest absolute Gasteiger partial charge is 0.483 e. The molecular weight excluding hydrogens is 607 g/mol. The van der Waals surface area contributed by atoms with Crippen molar-refractivity contribution in [3.05, 3.63) is 59.3 Å². The van der Waals surface area contributed by atoms with Crippen LogP contribution in [0.1, 0.15) is 28.9 Å². The minimum absolute atomic E-state index is 0.0151. The quantitative estimate of drug-likeness (QED) is 0.240. The van der Waals surface area contributed by atoms with Crippen molar-refractivity contribution in [2.45, 2.75) is 25.1 Å². The van der Waals surface area contributed by atoms with Crippen LogP contribution in [0, 0.1) is 5.92 Å². The van der Waals surface area contributed by atoms with Crippen molar-refractivity contribution >= 4 is 47.0 Å². The highest BCUT2D eigenvalue weighted by Crippen LogP contribution is 2.36. The number of benzene rings is 1. The van der Waals surface area contributed by atoms with Crippen LogP contribution >= 0.6 is 11.6 Å². The maximum absolute atomic E-state index is 13.4. The summed E-state index contributed by atoms with van der Waals surface area (Å²) in [6.45, 7) is 1.47. The van der Waals surface area contributed by atoms with E-state index < -0.39 is 11.9 Å². The molecule has 0 spiro atoms. The van der Waals surface area contributed by atoms with E-state index >= 15 is 0 Å². The summed E-state index contributed by atoms with van der Waals surface area (Å²) in [4.78, 5) is 46.1. The number of carbonyl (C=O) groups excluding carboxylic acids is 2. The number of halogens is 4. The number of carboxylic acid groups (broad SMARTS) is 1. The van der Waals surface area contributed by atoms with E-state index in [9.17, 15) is 22.8 Å². The molecule has 44 heavy (non-hydrogen) atoms. The molecule has 232 valence electrons. The number of amides is 2. The molecule has 5 N–H and O–H groups in total. The average Bonchev–Trinajstić information content (AvgIpc) is 3.64. The Morgan fingerprint density at radius 2 is 1.80 bits per heavy atom. The number of piperazine rings is 1. The second-order valence-corrected chi connectivity index (χ2v) is 10.6. The van der Waals surface area contributed by atoms with E-state index in [4.69, 9.17) is 27.2 Å². The first kappa shape index (κ1) is 30.7. The molecule has 1 saturated heterocycles. The van der Waals surface area contributed by atoms with Crippen molar-refractivity contribution in [3.8, 4) is 11.3 Å². The summed E-state index contributed by atoms with van der Waals surface area (Å²) in [6, 6.07) is 4.92. The molecule has 2 fully saturated rings. The van der Waals surface area contributed by atoms with Gasteiger partial charge in [0.1, 0.15) is 5.69 Å². The topological polar surface area (TPSA) is 175 Å². The number of imidazole rings is 1. The molecule has 4 heterocycles. The molecule has 13 nitrogen and oxygen atoms in total. The van der Waals surface area contributed by atoms with Gasteiger partial charge in [-0.3, -0.25) is 23.9 Å². The molecule has 1 aliphatic carbocycles. The van der Waals surface area contributed by atoms with Crippen molar-refractivity contribution < 1.29 is 32.7 Å². The third-order valence-electron chi connectivity index (χ3n) is 7.49. The molecule has 0 atom stereocenters. The van der Waals surface area contributed by atoms with Gasteiger partial charge in [0.05, 0.1) is 34.2 Å². The number of nitrogens with two attached hydrogens (primary N) is 1. The van der Waals surface area contributed by atoms with Crippen LogP contribution in [0.5, 0.6) is 0 Å². The van der Waals surface area contributed by atoms with Crippen LogP contribution in [0.2, 0.25) is 5.02 Å². The molecule has 1 aromatic carbocycles. The maximum Gasteiger partial charge on any atom is 0.433 e. The first-order valence-electron chi connectivity index (χ1n) is 13.4. The monoisotopic (exact) mass is 633 g/mol. The summed E-state index contributed by atoms with van der Waals surface area (Å²) >= 11 is 6.50. The zero-order chi connectivity index (χ0) is 31.6. The number of H-pyrrole nitrogens is 1. The number of carbonyl (C=O) groups is 3. The minimum Gasteiger partial charge on any atom is -0.483 e. The van der Waals surface area contributed by atoms with E-state index in [1.807, 2.05) is 5.10 Å². The van der Waals surface area contributed by atoms with Gasteiger partial charge in [-0.05, 0) is 31.0 Å². The third-order valence-corrected chi connectivity index (χ3v) is 7.80. The zero-order valence-corrected chi connectivity index (χ0v) is 23.7.